The van der Waals surface area contributed by atoms with E-state index in [2.05, 4.69) is 13.8 Å². The SMILES string of the molecule is CC(C)CN1C(=S)SC(C)(C)[C@H]1n1oc(=O)n(-c2cccc3ccccc23)c1=O. The third kappa shape index (κ3) is 3.34. The Morgan fingerprint density at radius 1 is 1.14 bits per heavy atom. The van der Waals surface area contributed by atoms with Gasteiger partial charge in [-0.2, -0.15) is 4.57 Å². The molecule has 3 aromatic rings. The van der Waals surface area contributed by atoms with Crippen molar-refractivity contribution in [2.24, 2.45) is 5.92 Å². The molecule has 1 fully saturated rings. The summed E-state index contributed by atoms with van der Waals surface area (Å²) in [4.78, 5) is 28.2. The van der Waals surface area contributed by atoms with E-state index < -0.39 is 22.4 Å². The van der Waals surface area contributed by atoms with Gasteiger partial charge in [0.1, 0.15) is 4.32 Å². The Kier molecular flexibility index (Phi) is 4.94. The van der Waals surface area contributed by atoms with E-state index in [1.54, 1.807) is 6.07 Å². The van der Waals surface area contributed by atoms with Crippen molar-refractivity contribution in [3.63, 3.8) is 0 Å². The maximum absolute atomic E-state index is 13.4. The molecular formula is C21H23N3O3S2. The van der Waals surface area contributed by atoms with Crippen LogP contribution >= 0.6 is 24.0 Å². The molecule has 0 amide bonds. The molecule has 1 atom stereocenters. The number of nitrogens with zero attached hydrogens (tertiary/aromatic N) is 3. The minimum atomic E-state index is -0.700. The van der Waals surface area contributed by atoms with Crippen LogP contribution in [0, 0.1) is 5.92 Å². The molecule has 1 aliphatic heterocycles. The van der Waals surface area contributed by atoms with Crippen LogP contribution in [-0.4, -0.2) is 29.8 Å². The standard InChI is InChI=1S/C21H23N3O3S2/c1-13(2)12-22-17(21(3,4)29-20(22)28)24-18(25)23(19(26)27-24)16-11-7-9-14-8-5-6-10-15(14)16/h5-11,13,17H,12H2,1-4H3/t17-/m1/s1. The average molecular weight is 430 g/mol. The molecule has 0 spiro atoms. The van der Waals surface area contributed by atoms with E-state index in [0.717, 1.165) is 15.3 Å². The fourth-order valence-corrected chi connectivity index (χ4v) is 5.78. The average Bonchev–Trinajstić information content (AvgIpc) is 3.05. The van der Waals surface area contributed by atoms with Crippen molar-refractivity contribution in [1.29, 1.82) is 0 Å². The molecule has 2 aromatic carbocycles. The number of hydrogen-bond donors (Lipinski definition) is 0. The summed E-state index contributed by atoms with van der Waals surface area (Å²) < 4.78 is 8.12. The Balaban J connectivity index is 1.91. The minimum Gasteiger partial charge on any atom is -0.333 e. The number of fused-ring (bicyclic) bond motifs is 1. The van der Waals surface area contributed by atoms with E-state index in [1.165, 1.54) is 16.5 Å². The lowest BCUT2D eigenvalue weighted by Gasteiger charge is -2.31. The number of thioether (sulfide) groups is 1. The highest BCUT2D eigenvalue weighted by atomic mass is 32.2. The summed E-state index contributed by atoms with van der Waals surface area (Å²) in [5.41, 5.74) is 0.0190. The van der Waals surface area contributed by atoms with Crippen molar-refractivity contribution in [1.82, 2.24) is 14.2 Å². The number of benzene rings is 2. The van der Waals surface area contributed by atoms with Gasteiger partial charge in [0, 0.05) is 11.9 Å². The number of aromatic nitrogens is 2. The molecule has 4 rings (SSSR count). The Labute approximate surface area is 178 Å². The second-order valence-corrected chi connectivity index (χ2v) is 10.5. The van der Waals surface area contributed by atoms with Gasteiger partial charge in [-0.25, -0.2) is 9.59 Å². The van der Waals surface area contributed by atoms with Crippen LogP contribution in [0.1, 0.15) is 33.9 Å². The van der Waals surface area contributed by atoms with Crippen LogP contribution in [0.4, 0.5) is 0 Å². The molecule has 0 radical (unpaired) electrons. The minimum absolute atomic E-state index is 0.340. The summed E-state index contributed by atoms with van der Waals surface area (Å²) in [5, 5.41) is 1.76. The predicted molar refractivity (Wildman–Crippen MR) is 121 cm³/mol. The van der Waals surface area contributed by atoms with Crippen LogP contribution in [0.3, 0.4) is 0 Å². The maximum atomic E-state index is 13.4. The topological polar surface area (TPSA) is 60.4 Å². The molecule has 29 heavy (non-hydrogen) atoms. The number of hydrogen-bond acceptors (Lipinski definition) is 5. The van der Waals surface area contributed by atoms with Gasteiger partial charge in [-0.1, -0.05) is 74.2 Å². The highest BCUT2D eigenvalue weighted by Crippen LogP contribution is 2.47. The molecule has 1 aromatic heterocycles. The molecule has 0 saturated carbocycles. The molecule has 1 aliphatic rings. The van der Waals surface area contributed by atoms with Gasteiger partial charge in [0.05, 0.1) is 10.4 Å². The van der Waals surface area contributed by atoms with Crippen LogP contribution in [0.2, 0.25) is 0 Å². The normalized spacial score (nSPS) is 18.9. The van der Waals surface area contributed by atoms with Crippen molar-refractivity contribution in [2.45, 2.75) is 38.6 Å². The summed E-state index contributed by atoms with van der Waals surface area (Å²) in [6, 6.07) is 13.2. The highest BCUT2D eigenvalue weighted by molar-refractivity contribution is 8.24. The number of thiocarbonyl (C=S) groups is 1. The molecule has 0 unspecified atom stereocenters. The molecule has 1 saturated heterocycles. The van der Waals surface area contributed by atoms with E-state index in [1.807, 2.05) is 55.1 Å². The Bertz CT molecular complexity index is 1200. The molecule has 0 aliphatic carbocycles. The third-order valence-electron chi connectivity index (χ3n) is 5.03. The Morgan fingerprint density at radius 2 is 1.83 bits per heavy atom. The van der Waals surface area contributed by atoms with Crippen LogP contribution < -0.4 is 11.4 Å². The van der Waals surface area contributed by atoms with Gasteiger partial charge in [-0.05, 0) is 31.2 Å². The summed E-state index contributed by atoms with van der Waals surface area (Å²) in [5.74, 6) is -0.359. The van der Waals surface area contributed by atoms with E-state index in [0.29, 0.717) is 22.5 Å². The number of rotatable bonds is 4. The van der Waals surface area contributed by atoms with Gasteiger partial charge in [-0.15, -0.1) is 4.74 Å². The molecule has 8 heteroatoms. The first kappa shape index (κ1) is 20.0. The van der Waals surface area contributed by atoms with Crippen LogP contribution in [0.15, 0.2) is 56.6 Å². The van der Waals surface area contributed by atoms with E-state index >= 15 is 0 Å². The zero-order valence-corrected chi connectivity index (χ0v) is 18.4. The van der Waals surface area contributed by atoms with E-state index in [-0.39, 0.29) is 0 Å². The fourth-order valence-electron chi connectivity index (χ4n) is 3.89. The lowest BCUT2D eigenvalue weighted by Crippen LogP contribution is -2.43. The van der Waals surface area contributed by atoms with Crippen molar-refractivity contribution >= 4 is 39.1 Å². The third-order valence-corrected chi connectivity index (χ3v) is 6.66. The summed E-state index contributed by atoms with van der Waals surface area (Å²) >= 11 is 7.10. The maximum Gasteiger partial charge on any atom is 0.447 e. The fraction of sp³-hybridized carbons (Fsp3) is 0.381. The van der Waals surface area contributed by atoms with E-state index in [4.69, 9.17) is 16.7 Å². The predicted octanol–water partition coefficient (Wildman–Crippen LogP) is 4.01. The molecule has 0 N–H and O–H groups in total. The van der Waals surface area contributed by atoms with Crippen molar-refractivity contribution in [3.8, 4) is 5.69 Å². The van der Waals surface area contributed by atoms with Crippen molar-refractivity contribution in [2.75, 3.05) is 6.54 Å². The smallest absolute Gasteiger partial charge is 0.333 e. The summed E-state index contributed by atoms with van der Waals surface area (Å²) in [6.07, 6.45) is -0.473. The Morgan fingerprint density at radius 3 is 2.55 bits per heavy atom. The molecule has 2 heterocycles. The lowest BCUT2D eigenvalue weighted by molar-refractivity contribution is 0.0842. The lowest BCUT2D eigenvalue weighted by atomic mass is 10.1. The second kappa shape index (κ2) is 7.18. The van der Waals surface area contributed by atoms with Crippen LogP contribution in [0.5, 0.6) is 0 Å². The molecular weight excluding hydrogens is 406 g/mol. The van der Waals surface area contributed by atoms with Crippen LogP contribution in [-0.2, 0) is 0 Å². The van der Waals surface area contributed by atoms with Gasteiger partial charge < -0.3 is 9.42 Å². The second-order valence-electron chi connectivity index (χ2n) is 8.19. The zero-order valence-electron chi connectivity index (χ0n) is 16.8. The first-order valence-corrected chi connectivity index (χ1v) is 10.8. The van der Waals surface area contributed by atoms with Crippen molar-refractivity contribution < 1.29 is 4.52 Å². The molecule has 6 nitrogen and oxygen atoms in total. The zero-order chi connectivity index (χ0) is 20.9. The molecule has 152 valence electrons. The summed E-state index contributed by atoms with van der Waals surface area (Å²) in [7, 11) is 0. The largest absolute Gasteiger partial charge is 0.447 e. The van der Waals surface area contributed by atoms with Crippen molar-refractivity contribution in [3.05, 3.63) is 63.5 Å². The van der Waals surface area contributed by atoms with Gasteiger partial charge in [0.15, 0.2) is 6.17 Å². The molecule has 0 bridgehead atoms. The van der Waals surface area contributed by atoms with E-state index in [9.17, 15) is 9.59 Å². The first-order chi connectivity index (χ1) is 13.7. The van der Waals surface area contributed by atoms with Gasteiger partial charge in [-0.3, -0.25) is 0 Å². The quantitative estimate of drug-likeness (QED) is 0.584. The van der Waals surface area contributed by atoms with Gasteiger partial charge >= 0.3 is 11.4 Å². The van der Waals surface area contributed by atoms with Crippen LogP contribution in [0.25, 0.3) is 16.5 Å². The first-order valence-electron chi connectivity index (χ1n) is 9.53. The Hall–Kier alpha value is -2.32. The van der Waals surface area contributed by atoms with Gasteiger partial charge in [0.25, 0.3) is 0 Å². The van der Waals surface area contributed by atoms with Gasteiger partial charge in [0.2, 0.25) is 0 Å². The summed E-state index contributed by atoms with van der Waals surface area (Å²) in [6.45, 7) is 8.88. The highest BCUT2D eigenvalue weighted by Gasteiger charge is 2.48. The monoisotopic (exact) mass is 429 g/mol.